The van der Waals surface area contributed by atoms with Crippen LogP contribution < -0.4 is 10.2 Å². The van der Waals surface area contributed by atoms with Gasteiger partial charge in [0.1, 0.15) is 24.3 Å². The maximum absolute atomic E-state index is 5.56. The fraction of sp³-hybridized carbons (Fsp3) is 0.625. The first-order chi connectivity index (χ1) is 11.7. The van der Waals surface area contributed by atoms with Crippen molar-refractivity contribution in [3.63, 3.8) is 0 Å². The molecule has 1 saturated heterocycles. The van der Waals surface area contributed by atoms with Crippen LogP contribution in [0, 0.1) is 0 Å². The molecule has 8 nitrogen and oxygen atoms in total. The maximum Gasteiger partial charge on any atom is 0.141 e. The molecule has 0 aromatic carbocycles. The van der Waals surface area contributed by atoms with Gasteiger partial charge in [-0.05, 0) is 26.3 Å². The molecule has 1 aliphatic heterocycles. The molecule has 1 aliphatic rings. The fourth-order valence-electron chi connectivity index (χ4n) is 3.15. The molecule has 0 aliphatic carbocycles. The van der Waals surface area contributed by atoms with E-state index in [-0.39, 0.29) is 6.10 Å². The highest BCUT2D eigenvalue weighted by Crippen LogP contribution is 2.24. The molecule has 2 atom stereocenters. The minimum Gasteiger partial charge on any atom is -0.380 e. The van der Waals surface area contributed by atoms with Crippen LogP contribution in [0.3, 0.4) is 0 Å². The van der Waals surface area contributed by atoms with E-state index in [1.807, 2.05) is 10.7 Å². The lowest BCUT2D eigenvalue weighted by Gasteiger charge is -2.25. The van der Waals surface area contributed by atoms with Crippen LogP contribution in [0.4, 0.5) is 5.82 Å². The molecule has 0 bridgehead atoms. The van der Waals surface area contributed by atoms with Gasteiger partial charge in [-0.1, -0.05) is 0 Å². The summed E-state index contributed by atoms with van der Waals surface area (Å²) in [6.45, 7) is 6.60. The molecule has 8 heteroatoms. The van der Waals surface area contributed by atoms with Crippen molar-refractivity contribution >= 4 is 5.82 Å². The third kappa shape index (κ3) is 3.70. The number of nitrogens with zero attached hydrogens (tertiary/aromatic N) is 6. The summed E-state index contributed by atoms with van der Waals surface area (Å²) in [6, 6.07) is 2.59. The molecule has 2 aromatic rings. The van der Waals surface area contributed by atoms with Gasteiger partial charge in [-0.2, -0.15) is 5.10 Å². The molecule has 3 heterocycles. The van der Waals surface area contributed by atoms with Crippen molar-refractivity contribution in [1.29, 1.82) is 0 Å². The Morgan fingerprint density at radius 2 is 2.21 bits per heavy atom. The zero-order valence-corrected chi connectivity index (χ0v) is 14.5. The van der Waals surface area contributed by atoms with Gasteiger partial charge in [-0.3, -0.25) is 0 Å². The van der Waals surface area contributed by atoms with Gasteiger partial charge >= 0.3 is 0 Å². The van der Waals surface area contributed by atoms with Crippen molar-refractivity contribution in [2.24, 2.45) is 0 Å². The molecule has 0 unspecified atom stereocenters. The first kappa shape index (κ1) is 16.8. The second-order valence-corrected chi connectivity index (χ2v) is 6.31. The number of methoxy groups -OCH3 is 1. The summed E-state index contributed by atoms with van der Waals surface area (Å²) >= 11 is 0. The number of anilines is 1. The molecular formula is C16H25N7O. The van der Waals surface area contributed by atoms with Crippen LogP contribution in [0.15, 0.2) is 24.9 Å². The summed E-state index contributed by atoms with van der Waals surface area (Å²) in [5.41, 5.74) is 0. The van der Waals surface area contributed by atoms with Crippen molar-refractivity contribution in [1.82, 2.24) is 30.0 Å². The Balaban J connectivity index is 1.61. The quantitative estimate of drug-likeness (QED) is 0.811. The summed E-state index contributed by atoms with van der Waals surface area (Å²) in [4.78, 5) is 15.0. The van der Waals surface area contributed by atoms with E-state index in [9.17, 15) is 0 Å². The Bertz CT molecular complexity index is 630. The van der Waals surface area contributed by atoms with E-state index in [2.05, 4.69) is 44.1 Å². The molecule has 1 fully saturated rings. The second kappa shape index (κ2) is 7.67. The lowest BCUT2D eigenvalue weighted by molar-refractivity contribution is 0.118. The van der Waals surface area contributed by atoms with Gasteiger partial charge in [0, 0.05) is 38.5 Å². The third-order valence-electron chi connectivity index (χ3n) is 4.37. The largest absolute Gasteiger partial charge is 0.380 e. The van der Waals surface area contributed by atoms with Gasteiger partial charge in [-0.15, -0.1) is 0 Å². The van der Waals surface area contributed by atoms with Crippen LogP contribution in [-0.4, -0.2) is 57.1 Å². The minimum atomic E-state index is 0.228. The summed E-state index contributed by atoms with van der Waals surface area (Å²) < 4.78 is 7.50. The smallest absolute Gasteiger partial charge is 0.141 e. The molecule has 24 heavy (non-hydrogen) atoms. The van der Waals surface area contributed by atoms with Crippen molar-refractivity contribution in [3.8, 4) is 0 Å². The van der Waals surface area contributed by atoms with Crippen LogP contribution >= 0.6 is 0 Å². The van der Waals surface area contributed by atoms with E-state index < -0.39 is 0 Å². The number of aromatic nitrogens is 5. The van der Waals surface area contributed by atoms with Crippen molar-refractivity contribution in [2.75, 3.05) is 25.1 Å². The summed E-state index contributed by atoms with van der Waals surface area (Å²) in [5, 5.41) is 7.78. The number of nitrogens with one attached hydrogen (secondary N) is 1. The van der Waals surface area contributed by atoms with Crippen LogP contribution in [0.2, 0.25) is 0 Å². The topological polar surface area (TPSA) is 81.0 Å². The molecular weight excluding hydrogens is 306 g/mol. The Morgan fingerprint density at radius 3 is 2.92 bits per heavy atom. The second-order valence-electron chi connectivity index (χ2n) is 6.31. The standard InChI is InChI=1S/C16H25N7O/c1-12(2)23-16(20-11-21-23)8-18-7-13-6-14(24-3)9-22(13)15-4-5-17-10-19-15/h4-5,10-14,18H,6-9H2,1-3H3/t13-,14-/m1/s1. The SMILES string of the molecule is CO[C@@H]1C[C@H](CNCc2ncnn2C(C)C)N(c2ccncn2)C1. The van der Waals surface area contributed by atoms with Crippen molar-refractivity contribution in [3.05, 3.63) is 30.7 Å². The summed E-state index contributed by atoms with van der Waals surface area (Å²) in [7, 11) is 1.77. The molecule has 1 N–H and O–H groups in total. The molecule has 130 valence electrons. The number of hydrogen-bond acceptors (Lipinski definition) is 7. The molecule has 0 spiro atoms. The average molecular weight is 331 g/mol. The van der Waals surface area contributed by atoms with Gasteiger partial charge in [0.25, 0.3) is 0 Å². The third-order valence-corrected chi connectivity index (χ3v) is 4.37. The fourth-order valence-corrected chi connectivity index (χ4v) is 3.15. The van der Waals surface area contributed by atoms with Crippen molar-refractivity contribution in [2.45, 2.75) is 45.0 Å². The number of hydrogen-bond donors (Lipinski definition) is 1. The molecule has 2 aromatic heterocycles. The van der Waals surface area contributed by atoms with Gasteiger partial charge in [-0.25, -0.2) is 19.6 Å². The number of rotatable bonds is 7. The van der Waals surface area contributed by atoms with E-state index in [1.54, 1.807) is 26.0 Å². The van der Waals surface area contributed by atoms with Crippen LogP contribution in [-0.2, 0) is 11.3 Å². The van der Waals surface area contributed by atoms with E-state index in [0.717, 1.165) is 31.2 Å². The zero-order chi connectivity index (χ0) is 16.9. The van der Waals surface area contributed by atoms with Crippen LogP contribution in [0.1, 0.15) is 32.1 Å². The Morgan fingerprint density at radius 1 is 1.33 bits per heavy atom. The normalized spacial score (nSPS) is 20.9. The van der Waals surface area contributed by atoms with Crippen LogP contribution in [0.25, 0.3) is 0 Å². The molecule has 0 amide bonds. The van der Waals surface area contributed by atoms with Crippen molar-refractivity contribution < 1.29 is 4.74 Å². The molecule has 3 rings (SSSR count). The van der Waals surface area contributed by atoms with E-state index in [1.165, 1.54) is 0 Å². The zero-order valence-electron chi connectivity index (χ0n) is 14.5. The minimum absolute atomic E-state index is 0.228. The Hall–Kier alpha value is -2.06. The maximum atomic E-state index is 5.56. The first-order valence-corrected chi connectivity index (χ1v) is 8.33. The van der Waals surface area contributed by atoms with Gasteiger partial charge in [0.05, 0.1) is 12.6 Å². The van der Waals surface area contributed by atoms with E-state index in [0.29, 0.717) is 18.6 Å². The lowest BCUT2D eigenvalue weighted by Crippen LogP contribution is -2.38. The van der Waals surface area contributed by atoms with Gasteiger partial charge in [0.2, 0.25) is 0 Å². The summed E-state index contributed by atoms with van der Waals surface area (Å²) in [5.74, 6) is 1.90. The molecule has 0 radical (unpaired) electrons. The predicted molar refractivity (Wildman–Crippen MR) is 90.7 cm³/mol. The van der Waals surface area contributed by atoms with Gasteiger partial charge < -0.3 is 15.0 Å². The van der Waals surface area contributed by atoms with Crippen LogP contribution in [0.5, 0.6) is 0 Å². The Labute approximate surface area is 142 Å². The first-order valence-electron chi connectivity index (χ1n) is 8.33. The van der Waals surface area contributed by atoms with Gasteiger partial charge in [0.15, 0.2) is 0 Å². The predicted octanol–water partition coefficient (Wildman–Crippen LogP) is 1.03. The highest BCUT2D eigenvalue weighted by molar-refractivity contribution is 5.40. The number of ether oxygens (including phenoxy) is 1. The van der Waals surface area contributed by atoms with E-state index >= 15 is 0 Å². The molecule has 0 saturated carbocycles. The highest BCUT2D eigenvalue weighted by Gasteiger charge is 2.32. The average Bonchev–Trinajstić information content (AvgIpc) is 3.22. The highest BCUT2D eigenvalue weighted by atomic mass is 16.5. The van der Waals surface area contributed by atoms with E-state index in [4.69, 9.17) is 4.74 Å². The lowest BCUT2D eigenvalue weighted by atomic mass is 10.2. The Kier molecular flexibility index (Phi) is 5.37. The summed E-state index contributed by atoms with van der Waals surface area (Å²) in [6.07, 6.45) is 6.18. The monoisotopic (exact) mass is 331 g/mol.